The van der Waals surface area contributed by atoms with Gasteiger partial charge in [0.2, 0.25) is 0 Å². The number of aromatic nitrogens is 1. The van der Waals surface area contributed by atoms with Gasteiger partial charge < -0.3 is 15.2 Å². The highest BCUT2D eigenvalue weighted by atomic mass is 16.4. The molecule has 2 aromatic carbocycles. The topological polar surface area (TPSA) is 76.6 Å². The SMILES string of the molecule is O=C(O)C=Cc1ccc2c(c1)CCCC2N(CCO)CCc1c[nH]c2ccccc12. The van der Waals surface area contributed by atoms with E-state index in [1.54, 1.807) is 6.08 Å². The van der Waals surface area contributed by atoms with Gasteiger partial charge in [-0.1, -0.05) is 36.4 Å². The summed E-state index contributed by atoms with van der Waals surface area (Å²) in [6.45, 7) is 1.67. The molecule has 30 heavy (non-hydrogen) atoms. The van der Waals surface area contributed by atoms with Crippen LogP contribution in [0, 0.1) is 0 Å². The minimum absolute atomic E-state index is 0.138. The Morgan fingerprint density at radius 3 is 2.90 bits per heavy atom. The maximum absolute atomic E-state index is 10.8. The van der Waals surface area contributed by atoms with Crippen molar-refractivity contribution < 1.29 is 15.0 Å². The van der Waals surface area contributed by atoms with Crippen LogP contribution in [0.2, 0.25) is 0 Å². The van der Waals surface area contributed by atoms with Gasteiger partial charge in [0.05, 0.1) is 6.61 Å². The average molecular weight is 405 g/mol. The highest BCUT2D eigenvalue weighted by Crippen LogP contribution is 2.35. The van der Waals surface area contributed by atoms with Gasteiger partial charge in [-0.05, 0) is 60.1 Å². The van der Waals surface area contributed by atoms with Gasteiger partial charge in [-0.2, -0.15) is 0 Å². The molecule has 0 saturated carbocycles. The summed E-state index contributed by atoms with van der Waals surface area (Å²) < 4.78 is 0. The second-order valence-electron chi connectivity index (χ2n) is 7.91. The first-order valence-electron chi connectivity index (χ1n) is 10.6. The number of para-hydroxylation sites is 1. The molecule has 0 aliphatic heterocycles. The quantitative estimate of drug-likeness (QED) is 0.492. The highest BCUT2D eigenvalue weighted by Gasteiger charge is 2.25. The molecule has 4 rings (SSSR count). The molecule has 0 spiro atoms. The number of aliphatic hydroxyl groups is 1. The zero-order valence-electron chi connectivity index (χ0n) is 17.1. The number of aromatic amines is 1. The highest BCUT2D eigenvalue weighted by molar-refractivity contribution is 5.85. The number of hydrogen-bond donors (Lipinski definition) is 3. The standard InChI is InChI=1S/C25H28N2O3/c28-15-14-27(13-12-20-17-26-23-6-2-1-5-21(20)23)24-7-3-4-19-16-18(8-10-22(19)24)9-11-25(29)30/h1-2,5-6,8-11,16-17,24,26,28H,3-4,7,12-15H2,(H,29,30). The number of aliphatic hydroxyl groups excluding tert-OH is 1. The van der Waals surface area contributed by atoms with Gasteiger partial charge in [-0.3, -0.25) is 4.90 Å². The van der Waals surface area contributed by atoms with Crippen molar-refractivity contribution in [2.24, 2.45) is 0 Å². The molecule has 1 heterocycles. The second-order valence-corrected chi connectivity index (χ2v) is 7.91. The number of benzene rings is 2. The molecule has 1 unspecified atom stereocenters. The van der Waals surface area contributed by atoms with Gasteiger partial charge in [-0.15, -0.1) is 0 Å². The van der Waals surface area contributed by atoms with Crippen LogP contribution in [0.1, 0.15) is 41.1 Å². The Morgan fingerprint density at radius 1 is 1.20 bits per heavy atom. The van der Waals surface area contributed by atoms with Gasteiger partial charge in [0.1, 0.15) is 0 Å². The molecule has 1 atom stereocenters. The molecular weight excluding hydrogens is 376 g/mol. The Balaban J connectivity index is 1.54. The Kier molecular flexibility index (Phi) is 6.31. The number of fused-ring (bicyclic) bond motifs is 2. The first-order valence-corrected chi connectivity index (χ1v) is 10.6. The van der Waals surface area contributed by atoms with E-state index in [9.17, 15) is 9.90 Å². The number of nitrogens with zero attached hydrogens (tertiary/aromatic N) is 1. The lowest BCUT2D eigenvalue weighted by Crippen LogP contribution is -2.35. The molecular formula is C25H28N2O3. The van der Waals surface area contributed by atoms with Crippen molar-refractivity contribution in [3.63, 3.8) is 0 Å². The zero-order valence-corrected chi connectivity index (χ0v) is 17.1. The summed E-state index contributed by atoms with van der Waals surface area (Å²) in [4.78, 5) is 16.6. The lowest BCUT2D eigenvalue weighted by Gasteiger charge is -2.36. The van der Waals surface area contributed by atoms with Crippen molar-refractivity contribution in [2.45, 2.75) is 31.7 Å². The maximum atomic E-state index is 10.8. The summed E-state index contributed by atoms with van der Waals surface area (Å²) in [5.41, 5.74) is 5.98. The van der Waals surface area contributed by atoms with Crippen LogP contribution < -0.4 is 0 Å². The Labute approximate surface area is 176 Å². The Hall–Kier alpha value is -2.89. The number of carboxylic acids is 1. The largest absolute Gasteiger partial charge is 0.478 e. The summed E-state index contributed by atoms with van der Waals surface area (Å²) in [6, 6.07) is 14.9. The van der Waals surface area contributed by atoms with Crippen molar-refractivity contribution in [3.8, 4) is 0 Å². The van der Waals surface area contributed by atoms with Crippen LogP contribution in [-0.2, 0) is 17.6 Å². The number of H-pyrrole nitrogens is 1. The molecule has 0 saturated heterocycles. The van der Waals surface area contributed by atoms with Crippen molar-refractivity contribution in [1.82, 2.24) is 9.88 Å². The number of hydrogen-bond acceptors (Lipinski definition) is 3. The third-order valence-corrected chi connectivity index (χ3v) is 6.04. The fourth-order valence-electron chi connectivity index (χ4n) is 4.61. The lowest BCUT2D eigenvalue weighted by atomic mass is 9.85. The van der Waals surface area contributed by atoms with Crippen molar-refractivity contribution in [3.05, 3.63) is 77.0 Å². The summed E-state index contributed by atoms with van der Waals surface area (Å²) in [5.74, 6) is -0.933. The monoisotopic (exact) mass is 404 g/mol. The minimum Gasteiger partial charge on any atom is -0.478 e. The first kappa shape index (κ1) is 20.4. The van der Waals surface area contributed by atoms with E-state index in [4.69, 9.17) is 5.11 Å². The van der Waals surface area contributed by atoms with E-state index in [1.807, 2.05) is 12.1 Å². The molecule has 5 heteroatoms. The summed E-state index contributed by atoms with van der Waals surface area (Å²) >= 11 is 0. The maximum Gasteiger partial charge on any atom is 0.328 e. The number of nitrogens with one attached hydrogen (secondary N) is 1. The van der Waals surface area contributed by atoms with E-state index in [0.717, 1.165) is 43.3 Å². The number of aliphatic carboxylic acids is 1. The number of carbonyl (C=O) groups is 1. The molecule has 3 N–H and O–H groups in total. The molecule has 5 nitrogen and oxygen atoms in total. The predicted octanol–water partition coefficient (Wildman–Crippen LogP) is 4.18. The van der Waals surface area contributed by atoms with Gasteiger partial charge in [0.15, 0.2) is 0 Å². The van der Waals surface area contributed by atoms with E-state index in [2.05, 4.69) is 46.4 Å². The third kappa shape index (κ3) is 4.48. The van der Waals surface area contributed by atoms with E-state index in [-0.39, 0.29) is 12.6 Å². The van der Waals surface area contributed by atoms with Gasteiger partial charge in [-0.25, -0.2) is 4.79 Å². The predicted molar refractivity (Wildman–Crippen MR) is 119 cm³/mol. The zero-order chi connectivity index (χ0) is 20.9. The summed E-state index contributed by atoms with van der Waals surface area (Å²) in [6.07, 6.45) is 9.03. The molecule has 3 aromatic rings. The summed E-state index contributed by atoms with van der Waals surface area (Å²) in [7, 11) is 0. The third-order valence-electron chi connectivity index (χ3n) is 6.04. The molecule has 156 valence electrons. The van der Waals surface area contributed by atoms with E-state index < -0.39 is 5.97 Å². The summed E-state index contributed by atoms with van der Waals surface area (Å²) in [5, 5.41) is 19.8. The Bertz CT molecular complexity index is 1050. The van der Waals surface area contributed by atoms with E-state index in [0.29, 0.717) is 6.54 Å². The molecule has 1 aliphatic carbocycles. The number of carboxylic acid groups (broad SMARTS) is 1. The fourth-order valence-corrected chi connectivity index (χ4v) is 4.61. The minimum atomic E-state index is -0.933. The number of aryl methyl sites for hydroxylation is 1. The second kappa shape index (κ2) is 9.28. The number of rotatable bonds is 8. The first-order chi connectivity index (χ1) is 14.7. The van der Waals surface area contributed by atoms with Crippen LogP contribution in [0.5, 0.6) is 0 Å². The van der Waals surface area contributed by atoms with Crippen LogP contribution in [0.25, 0.3) is 17.0 Å². The molecule has 1 aliphatic rings. The molecule has 0 fully saturated rings. The van der Waals surface area contributed by atoms with Gasteiger partial charge in [0, 0.05) is 42.3 Å². The van der Waals surface area contributed by atoms with Crippen molar-refractivity contribution in [2.75, 3.05) is 19.7 Å². The molecule has 1 aromatic heterocycles. The van der Waals surface area contributed by atoms with E-state index in [1.165, 1.54) is 28.2 Å². The molecule has 0 amide bonds. The smallest absolute Gasteiger partial charge is 0.328 e. The van der Waals surface area contributed by atoms with Crippen molar-refractivity contribution in [1.29, 1.82) is 0 Å². The van der Waals surface area contributed by atoms with Gasteiger partial charge >= 0.3 is 5.97 Å². The van der Waals surface area contributed by atoms with Crippen LogP contribution in [0.15, 0.2) is 54.7 Å². The van der Waals surface area contributed by atoms with Crippen LogP contribution in [0.4, 0.5) is 0 Å². The van der Waals surface area contributed by atoms with Crippen LogP contribution in [-0.4, -0.2) is 45.8 Å². The van der Waals surface area contributed by atoms with Crippen LogP contribution >= 0.6 is 0 Å². The molecule has 0 radical (unpaired) electrons. The Morgan fingerprint density at radius 2 is 2.07 bits per heavy atom. The molecule has 0 bridgehead atoms. The van der Waals surface area contributed by atoms with E-state index >= 15 is 0 Å². The van der Waals surface area contributed by atoms with Crippen LogP contribution in [0.3, 0.4) is 0 Å². The lowest BCUT2D eigenvalue weighted by molar-refractivity contribution is -0.131. The van der Waals surface area contributed by atoms with Crippen molar-refractivity contribution >= 4 is 22.9 Å². The fraction of sp³-hybridized carbons (Fsp3) is 0.320. The normalized spacial score (nSPS) is 16.4. The van der Waals surface area contributed by atoms with Gasteiger partial charge in [0.25, 0.3) is 0 Å². The average Bonchev–Trinajstić information content (AvgIpc) is 3.18.